The van der Waals surface area contributed by atoms with Crippen molar-refractivity contribution in [2.45, 2.75) is 44.4 Å². The predicted molar refractivity (Wildman–Crippen MR) is 106 cm³/mol. The number of amides is 2. The maximum atomic E-state index is 13.6. The van der Waals surface area contributed by atoms with E-state index in [2.05, 4.69) is 0 Å². The number of hydrogen-bond acceptors (Lipinski definition) is 4. The van der Waals surface area contributed by atoms with E-state index in [0.29, 0.717) is 0 Å². The third-order valence-electron chi connectivity index (χ3n) is 5.70. The molecule has 1 aliphatic rings. The number of likely N-dealkylation sites (tertiary alicyclic amines) is 1. The first kappa shape index (κ1) is 23.4. The molecule has 0 bridgehead atoms. The fourth-order valence-corrected chi connectivity index (χ4v) is 4.46. The van der Waals surface area contributed by atoms with E-state index in [-0.39, 0.29) is 30.1 Å². The van der Waals surface area contributed by atoms with E-state index in [9.17, 15) is 32.7 Å². The maximum absolute atomic E-state index is 13.6. The number of aliphatic carboxylic acids is 1. The summed E-state index contributed by atoms with van der Waals surface area (Å²) >= 11 is 0. The van der Waals surface area contributed by atoms with Gasteiger partial charge in [0.15, 0.2) is 0 Å². The number of benzene rings is 1. The molecule has 1 saturated heterocycles. The first-order valence-electron chi connectivity index (χ1n) is 9.95. The van der Waals surface area contributed by atoms with E-state index in [4.69, 9.17) is 10.2 Å². The van der Waals surface area contributed by atoms with Crippen molar-refractivity contribution in [1.29, 1.82) is 0 Å². The molecule has 1 aromatic heterocycles. The summed E-state index contributed by atoms with van der Waals surface area (Å²) in [7, 11) is 0. The number of primary amides is 1. The lowest BCUT2D eigenvalue weighted by atomic mass is 9.83. The number of carbonyl (C=O) groups is 3. The van der Waals surface area contributed by atoms with Gasteiger partial charge in [0.2, 0.25) is 5.91 Å². The van der Waals surface area contributed by atoms with Crippen molar-refractivity contribution in [3.05, 3.63) is 59.5 Å². The van der Waals surface area contributed by atoms with Gasteiger partial charge in [-0.15, -0.1) is 0 Å². The number of furan rings is 1. The van der Waals surface area contributed by atoms with Crippen molar-refractivity contribution in [1.82, 2.24) is 4.90 Å². The second-order valence-electron chi connectivity index (χ2n) is 8.36. The van der Waals surface area contributed by atoms with E-state index >= 15 is 0 Å². The molecule has 2 amide bonds. The smallest absolute Gasteiger partial charge is 0.416 e. The van der Waals surface area contributed by atoms with Crippen LogP contribution in [0.3, 0.4) is 0 Å². The summed E-state index contributed by atoms with van der Waals surface area (Å²) in [5.74, 6) is -4.03. The molecule has 1 fully saturated rings. The summed E-state index contributed by atoms with van der Waals surface area (Å²) in [6, 6.07) is 5.39. The Kier molecular flexibility index (Phi) is 6.08. The Morgan fingerprint density at radius 2 is 1.84 bits per heavy atom. The maximum Gasteiger partial charge on any atom is 0.416 e. The van der Waals surface area contributed by atoms with Crippen LogP contribution in [-0.4, -0.2) is 33.3 Å². The van der Waals surface area contributed by atoms with Crippen molar-refractivity contribution in [3.8, 4) is 0 Å². The van der Waals surface area contributed by atoms with Gasteiger partial charge >= 0.3 is 12.1 Å². The fraction of sp³-hybridized carbons (Fsp3) is 0.409. The minimum absolute atomic E-state index is 0.00962. The summed E-state index contributed by atoms with van der Waals surface area (Å²) in [5, 5.41) is 10.2. The third kappa shape index (κ3) is 4.09. The average Bonchev–Trinajstić information content (AvgIpc) is 3.33. The van der Waals surface area contributed by atoms with Crippen LogP contribution in [0.2, 0.25) is 0 Å². The molecule has 1 aliphatic heterocycles. The monoisotopic (exact) mass is 452 g/mol. The van der Waals surface area contributed by atoms with Gasteiger partial charge in [0.25, 0.3) is 5.91 Å². The number of rotatable bonds is 6. The molecule has 10 heteroatoms. The molecule has 3 atom stereocenters. The van der Waals surface area contributed by atoms with Gasteiger partial charge in [-0.05, 0) is 55.2 Å². The number of halogens is 3. The second kappa shape index (κ2) is 8.33. The van der Waals surface area contributed by atoms with Crippen molar-refractivity contribution < 1.29 is 37.1 Å². The van der Waals surface area contributed by atoms with Crippen molar-refractivity contribution in [3.63, 3.8) is 0 Å². The van der Waals surface area contributed by atoms with Gasteiger partial charge in [-0.3, -0.25) is 9.59 Å². The van der Waals surface area contributed by atoms with Crippen molar-refractivity contribution >= 4 is 17.8 Å². The average molecular weight is 452 g/mol. The van der Waals surface area contributed by atoms with Gasteiger partial charge in [0, 0.05) is 5.56 Å². The molecule has 3 N–H and O–H groups in total. The lowest BCUT2D eigenvalue weighted by Gasteiger charge is -2.38. The largest absolute Gasteiger partial charge is 0.479 e. The van der Waals surface area contributed by atoms with Gasteiger partial charge in [-0.2, -0.15) is 13.2 Å². The highest BCUT2D eigenvalue weighted by Gasteiger charge is 2.61. The highest BCUT2D eigenvalue weighted by molar-refractivity contribution is 6.00. The van der Waals surface area contributed by atoms with Gasteiger partial charge in [0.1, 0.15) is 17.3 Å². The van der Waals surface area contributed by atoms with Crippen molar-refractivity contribution in [2.24, 2.45) is 17.6 Å². The van der Waals surface area contributed by atoms with Crippen LogP contribution < -0.4 is 5.73 Å². The van der Waals surface area contributed by atoms with Crippen LogP contribution in [0.1, 0.15) is 54.4 Å². The second-order valence-corrected chi connectivity index (χ2v) is 8.36. The Hall–Kier alpha value is -3.30. The normalized spacial score (nSPS) is 23.5. The minimum Gasteiger partial charge on any atom is -0.479 e. The first-order chi connectivity index (χ1) is 14.9. The summed E-state index contributed by atoms with van der Waals surface area (Å²) < 4.78 is 44.2. The molecule has 172 valence electrons. The van der Waals surface area contributed by atoms with E-state index in [0.717, 1.165) is 29.2 Å². The Morgan fingerprint density at radius 1 is 1.22 bits per heavy atom. The van der Waals surface area contributed by atoms with E-state index in [1.165, 1.54) is 18.4 Å². The Morgan fingerprint density at radius 3 is 2.28 bits per heavy atom. The molecule has 32 heavy (non-hydrogen) atoms. The zero-order valence-corrected chi connectivity index (χ0v) is 17.4. The Bertz CT molecular complexity index is 1000. The van der Waals surface area contributed by atoms with E-state index in [1.54, 1.807) is 13.8 Å². The van der Waals surface area contributed by atoms with Crippen LogP contribution in [-0.2, 0) is 15.8 Å². The summed E-state index contributed by atoms with van der Waals surface area (Å²) in [6.07, 6.45) is -3.51. The van der Waals surface area contributed by atoms with Gasteiger partial charge in [0.05, 0.1) is 17.7 Å². The number of nitrogens with zero attached hydrogens (tertiary/aromatic N) is 1. The molecule has 1 aromatic carbocycles. The molecule has 0 spiro atoms. The zero-order valence-electron chi connectivity index (χ0n) is 17.4. The number of alkyl halides is 3. The molecular formula is C22H23F3N2O5. The molecule has 7 nitrogen and oxygen atoms in total. The van der Waals surface area contributed by atoms with E-state index < -0.39 is 47.0 Å². The van der Waals surface area contributed by atoms with Crippen LogP contribution in [0.5, 0.6) is 0 Å². The van der Waals surface area contributed by atoms with Gasteiger partial charge in [-0.1, -0.05) is 13.8 Å². The van der Waals surface area contributed by atoms with Gasteiger partial charge < -0.3 is 20.2 Å². The molecule has 2 heterocycles. The van der Waals surface area contributed by atoms with Crippen molar-refractivity contribution in [2.75, 3.05) is 0 Å². The number of nitrogens with two attached hydrogens (primary N) is 1. The molecule has 0 radical (unpaired) electrons. The fourth-order valence-electron chi connectivity index (χ4n) is 4.46. The molecule has 2 aromatic rings. The molecule has 0 aliphatic carbocycles. The van der Waals surface area contributed by atoms with Crippen LogP contribution in [0.25, 0.3) is 0 Å². The zero-order chi connectivity index (χ0) is 23.8. The number of carboxylic acid groups (broad SMARTS) is 1. The van der Waals surface area contributed by atoms with Gasteiger partial charge in [-0.25, -0.2) is 4.79 Å². The van der Waals surface area contributed by atoms with Crippen LogP contribution in [0.15, 0.2) is 47.1 Å². The quantitative estimate of drug-likeness (QED) is 0.691. The lowest BCUT2D eigenvalue weighted by Crippen LogP contribution is -2.54. The number of carbonyl (C=O) groups excluding carboxylic acids is 2. The topological polar surface area (TPSA) is 114 Å². The summed E-state index contributed by atoms with van der Waals surface area (Å²) in [4.78, 5) is 39.5. The highest BCUT2D eigenvalue weighted by atomic mass is 19.4. The van der Waals surface area contributed by atoms with Crippen LogP contribution >= 0.6 is 0 Å². The molecule has 0 saturated carbocycles. The highest BCUT2D eigenvalue weighted by Crippen LogP contribution is 2.50. The first-order valence-corrected chi connectivity index (χ1v) is 9.95. The summed E-state index contributed by atoms with van der Waals surface area (Å²) in [5.41, 5.74) is 2.69. The van der Waals surface area contributed by atoms with Crippen LogP contribution in [0, 0.1) is 11.8 Å². The lowest BCUT2D eigenvalue weighted by molar-refractivity contribution is -0.150. The third-order valence-corrected chi connectivity index (χ3v) is 5.70. The standard InChI is InChI=1S/C22H23F3N2O5/c1-12(2)10-21(20(30)31)11-15(18(26)28)17(16-4-3-9-32-16)27(21)19(29)13-5-7-14(8-6-13)22(23,24)25/h3-9,12,15,17H,10-11H2,1-2H3,(H2,26,28)(H,30,31). The Balaban J connectivity index is 2.17. The minimum atomic E-state index is -4.59. The SMILES string of the molecule is CC(C)CC1(C(=O)O)CC(C(N)=O)C(c2ccco2)N1C(=O)c1ccc(C(F)(F)F)cc1. The van der Waals surface area contributed by atoms with E-state index in [1.807, 2.05) is 0 Å². The number of carboxylic acids is 1. The Labute approximate surface area is 182 Å². The van der Waals surface area contributed by atoms with Crippen LogP contribution in [0.4, 0.5) is 13.2 Å². The molecular weight excluding hydrogens is 429 g/mol. The number of hydrogen-bond donors (Lipinski definition) is 2. The predicted octanol–water partition coefficient (Wildman–Crippen LogP) is 3.86. The molecule has 3 unspecified atom stereocenters. The summed E-state index contributed by atoms with van der Waals surface area (Å²) in [6.45, 7) is 3.54. The molecule has 3 rings (SSSR count).